The Morgan fingerprint density at radius 1 is 1.56 bits per heavy atom. The van der Waals surface area contributed by atoms with Gasteiger partial charge in [0.15, 0.2) is 0 Å². The van der Waals surface area contributed by atoms with Gasteiger partial charge in [-0.05, 0) is 6.26 Å². The molecular formula is C6H12O2S. The monoisotopic (exact) mass is 148 g/mol. The average Bonchev–Trinajstić information content (AvgIpc) is 1.89. The van der Waals surface area contributed by atoms with Gasteiger partial charge in [-0.2, -0.15) is 0 Å². The average molecular weight is 148 g/mol. The summed E-state index contributed by atoms with van der Waals surface area (Å²) in [6.45, 7) is 4.42. The van der Waals surface area contributed by atoms with Crippen molar-refractivity contribution in [3.8, 4) is 0 Å². The molecular weight excluding hydrogens is 136 g/mol. The molecule has 0 aliphatic rings. The van der Waals surface area contributed by atoms with Crippen LogP contribution in [0, 0.1) is 0 Å². The van der Waals surface area contributed by atoms with Crippen LogP contribution in [0.15, 0.2) is 12.7 Å². The summed E-state index contributed by atoms with van der Waals surface area (Å²) in [4.78, 5) is 0. The van der Waals surface area contributed by atoms with Crippen LogP contribution in [-0.4, -0.2) is 25.6 Å². The number of hydrogen-bond acceptors (Lipinski definition) is 3. The summed E-state index contributed by atoms with van der Waals surface area (Å²) >= 11 is 1.63. The zero-order valence-corrected chi connectivity index (χ0v) is 6.45. The van der Waals surface area contributed by atoms with E-state index >= 15 is 0 Å². The highest BCUT2D eigenvalue weighted by molar-refractivity contribution is 7.98. The van der Waals surface area contributed by atoms with E-state index in [1.165, 1.54) is 0 Å². The zero-order valence-electron chi connectivity index (χ0n) is 5.63. The second-order valence-electron chi connectivity index (χ2n) is 1.39. The van der Waals surface area contributed by atoms with Crippen LogP contribution in [0.3, 0.4) is 0 Å². The Hall–Kier alpha value is 0.0100. The molecule has 9 heavy (non-hydrogen) atoms. The van der Waals surface area contributed by atoms with Gasteiger partial charge >= 0.3 is 0 Å². The number of thioether (sulfide) groups is 1. The van der Waals surface area contributed by atoms with E-state index in [-0.39, 0.29) is 0 Å². The van der Waals surface area contributed by atoms with E-state index in [1.54, 1.807) is 17.8 Å². The highest BCUT2D eigenvalue weighted by Gasteiger charge is 1.81. The Morgan fingerprint density at radius 2 is 2.33 bits per heavy atom. The van der Waals surface area contributed by atoms with Crippen LogP contribution in [0.5, 0.6) is 0 Å². The summed E-state index contributed by atoms with van der Waals surface area (Å²) in [6, 6.07) is 0. The van der Waals surface area contributed by atoms with E-state index in [1.807, 2.05) is 6.26 Å². The normalized spacial score (nSPS) is 9.44. The van der Waals surface area contributed by atoms with Gasteiger partial charge in [0.05, 0.1) is 12.5 Å². The van der Waals surface area contributed by atoms with Gasteiger partial charge in [-0.1, -0.05) is 6.08 Å². The predicted octanol–water partition coefficient (Wildman–Crippen LogP) is 1.48. The van der Waals surface area contributed by atoms with Crippen LogP contribution in [0.2, 0.25) is 0 Å². The maximum absolute atomic E-state index is 4.98. The fourth-order valence-electron chi connectivity index (χ4n) is 0.308. The highest BCUT2D eigenvalue weighted by Crippen LogP contribution is 1.91. The van der Waals surface area contributed by atoms with E-state index < -0.39 is 0 Å². The largest absolute Gasteiger partial charge is 0.351 e. The Labute approximate surface area is 60.2 Å². The Bertz CT molecular complexity index is 66.1. The van der Waals surface area contributed by atoms with Gasteiger partial charge in [0, 0.05) is 0 Å². The topological polar surface area (TPSA) is 18.5 Å². The van der Waals surface area contributed by atoms with Crippen LogP contribution in [0.1, 0.15) is 0 Å². The molecule has 0 atom stereocenters. The summed E-state index contributed by atoms with van der Waals surface area (Å²) < 4.78 is 9.91. The third-order valence-electron chi connectivity index (χ3n) is 0.604. The van der Waals surface area contributed by atoms with E-state index in [2.05, 4.69) is 6.58 Å². The van der Waals surface area contributed by atoms with E-state index in [9.17, 15) is 0 Å². The van der Waals surface area contributed by atoms with Crippen molar-refractivity contribution < 1.29 is 9.47 Å². The number of ether oxygens (including phenoxy) is 2. The van der Waals surface area contributed by atoms with Crippen molar-refractivity contribution in [1.82, 2.24) is 0 Å². The molecule has 0 aromatic carbocycles. The van der Waals surface area contributed by atoms with Crippen LogP contribution < -0.4 is 0 Å². The molecule has 0 rings (SSSR count). The molecule has 0 saturated heterocycles. The summed E-state index contributed by atoms with van der Waals surface area (Å²) in [5, 5.41) is 0. The van der Waals surface area contributed by atoms with Crippen molar-refractivity contribution >= 4 is 11.8 Å². The molecule has 3 heteroatoms. The Morgan fingerprint density at radius 3 is 2.89 bits per heavy atom. The van der Waals surface area contributed by atoms with Gasteiger partial charge < -0.3 is 9.47 Å². The van der Waals surface area contributed by atoms with Gasteiger partial charge in [0.25, 0.3) is 0 Å². The molecule has 0 heterocycles. The molecule has 0 saturated carbocycles. The molecule has 0 fully saturated rings. The first kappa shape index (κ1) is 9.01. The summed E-state index contributed by atoms with van der Waals surface area (Å²) in [7, 11) is 0. The van der Waals surface area contributed by atoms with Crippen molar-refractivity contribution in [2.24, 2.45) is 0 Å². The molecule has 0 amide bonds. The second kappa shape index (κ2) is 8.01. The predicted molar refractivity (Wildman–Crippen MR) is 40.5 cm³/mol. The first-order chi connectivity index (χ1) is 4.41. The Kier molecular flexibility index (Phi) is 8.02. The van der Waals surface area contributed by atoms with Gasteiger partial charge in [-0.3, -0.25) is 0 Å². The SMILES string of the molecule is C=CCOCOCSC. The van der Waals surface area contributed by atoms with E-state index in [0.29, 0.717) is 19.3 Å². The molecule has 0 aliphatic heterocycles. The molecule has 0 aromatic heterocycles. The molecule has 0 aromatic rings. The lowest BCUT2D eigenvalue weighted by molar-refractivity contribution is -0.0248. The minimum absolute atomic E-state index is 0.368. The lowest BCUT2D eigenvalue weighted by Crippen LogP contribution is -1.98. The molecule has 0 unspecified atom stereocenters. The van der Waals surface area contributed by atoms with Gasteiger partial charge in [0.2, 0.25) is 0 Å². The first-order valence-electron chi connectivity index (χ1n) is 2.67. The third kappa shape index (κ3) is 8.01. The van der Waals surface area contributed by atoms with Gasteiger partial charge in [-0.25, -0.2) is 0 Å². The van der Waals surface area contributed by atoms with Crippen LogP contribution in [0.4, 0.5) is 0 Å². The molecule has 0 bridgehead atoms. The lowest BCUT2D eigenvalue weighted by atomic mass is 10.7. The molecule has 2 nitrogen and oxygen atoms in total. The Balaban J connectivity index is 2.66. The maximum atomic E-state index is 4.98. The first-order valence-corrected chi connectivity index (χ1v) is 4.06. The van der Waals surface area contributed by atoms with Crippen molar-refractivity contribution in [3.05, 3.63) is 12.7 Å². The molecule has 0 N–H and O–H groups in total. The molecule has 0 aliphatic carbocycles. The lowest BCUT2D eigenvalue weighted by Gasteiger charge is -1.99. The minimum Gasteiger partial charge on any atom is -0.351 e. The van der Waals surface area contributed by atoms with Crippen molar-refractivity contribution in [3.63, 3.8) is 0 Å². The van der Waals surface area contributed by atoms with Gasteiger partial charge in [-0.15, -0.1) is 18.3 Å². The van der Waals surface area contributed by atoms with Crippen molar-refractivity contribution in [2.75, 3.05) is 25.6 Å². The quantitative estimate of drug-likeness (QED) is 0.323. The van der Waals surface area contributed by atoms with Crippen LogP contribution in [0.25, 0.3) is 0 Å². The molecule has 0 spiro atoms. The van der Waals surface area contributed by atoms with E-state index in [0.717, 1.165) is 0 Å². The smallest absolute Gasteiger partial charge is 0.148 e. The number of rotatable bonds is 6. The minimum atomic E-state index is 0.368. The third-order valence-corrected chi connectivity index (χ3v) is 1.01. The van der Waals surface area contributed by atoms with Crippen LogP contribution in [-0.2, 0) is 9.47 Å². The number of hydrogen-bond donors (Lipinski definition) is 0. The standard InChI is InChI=1S/C6H12O2S/c1-3-4-7-5-8-6-9-2/h3H,1,4-6H2,2H3. The van der Waals surface area contributed by atoms with Crippen molar-refractivity contribution in [1.29, 1.82) is 0 Å². The van der Waals surface area contributed by atoms with Crippen LogP contribution >= 0.6 is 11.8 Å². The zero-order chi connectivity index (χ0) is 6.95. The molecule has 0 radical (unpaired) electrons. The van der Waals surface area contributed by atoms with E-state index in [4.69, 9.17) is 9.47 Å². The fourth-order valence-corrected chi connectivity index (χ4v) is 0.542. The van der Waals surface area contributed by atoms with Gasteiger partial charge in [0.1, 0.15) is 6.79 Å². The maximum Gasteiger partial charge on any atom is 0.148 e. The second-order valence-corrected chi connectivity index (χ2v) is 2.20. The van der Waals surface area contributed by atoms with Crippen molar-refractivity contribution in [2.45, 2.75) is 0 Å². The summed E-state index contributed by atoms with van der Waals surface area (Å²) in [5.74, 6) is 0.692. The summed E-state index contributed by atoms with van der Waals surface area (Å²) in [6.07, 6.45) is 3.68. The fraction of sp³-hybridized carbons (Fsp3) is 0.667. The summed E-state index contributed by atoms with van der Waals surface area (Å²) in [5.41, 5.74) is 0. The highest BCUT2D eigenvalue weighted by atomic mass is 32.2. The molecule has 54 valence electrons.